The van der Waals surface area contributed by atoms with Gasteiger partial charge in [-0.25, -0.2) is 0 Å². The van der Waals surface area contributed by atoms with Crippen molar-refractivity contribution in [2.75, 3.05) is 20.3 Å². The van der Waals surface area contributed by atoms with Crippen molar-refractivity contribution in [3.8, 4) is 0 Å². The Bertz CT molecular complexity index is 84.2. The van der Waals surface area contributed by atoms with E-state index >= 15 is 0 Å². The lowest BCUT2D eigenvalue weighted by molar-refractivity contribution is -0.125. The molecule has 0 saturated carbocycles. The Morgan fingerprint density at radius 2 is 2.00 bits per heavy atom. The van der Waals surface area contributed by atoms with Crippen molar-refractivity contribution in [1.82, 2.24) is 5.32 Å². The highest BCUT2D eigenvalue weighted by molar-refractivity contribution is 5.76. The van der Waals surface area contributed by atoms with Gasteiger partial charge in [-0.2, -0.15) is 0 Å². The van der Waals surface area contributed by atoms with Gasteiger partial charge in [-0.3, -0.25) is 4.79 Å². The maximum atomic E-state index is 10.5. The van der Waals surface area contributed by atoms with Gasteiger partial charge >= 0.3 is 0 Å². The second-order valence-electron chi connectivity index (χ2n) is 1.73. The number of ether oxygens (including phenoxy) is 1. The average molecular weight is 161 g/mol. The Labute approximate surface area is 69.1 Å². The minimum atomic E-state index is -0.0662. The van der Waals surface area contributed by atoms with Crippen LogP contribution in [0.1, 0.15) is 27.2 Å². The lowest BCUT2D eigenvalue weighted by atomic mass is 10.5. The molecule has 3 nitrogen and oxygen atoms in total. The minimum Gasteiger partial charge on any atom is -0.372 e. The normalized spacial score (nSPS) is 8.00. The van der Waals surface area contributed by atoms with Gasteiger partial charge in [-0.05, 0) is 6.42 Å². The highest BCUT2D eigenvalue weighted by atomic mass is 16.5. The first-order valence-corrected chi connectivity index (χ1v) is 4.09. The number of rotatable bonds is 4. The molecular weight excluding hydrogens is 142 g/mol. The molecule has 0 unspecified atom stereocenters. The Morgan fingerprint density at radius 1 is 1.45 bits per heavy atom. The Hall–Kier alpha value is -0.570. The third kappa shape index (κ3) is 12.6. The van der Waals surface area contributed by atoms with E-state index in [9.17, 15) is 4.79 Å². The fourth-order valence-electron chi connectivity index (χ4n) is 0.381. The van der Waals surface area contributed by atoms with Crippen LogP contribution < -0.4 is 5.32 Å². The molecule has 0 radical (unpaired) electrons. The Balaban J connectivity index is 0. The van der Waals surface area contributed by atoms with Crippen LogP contribution in [0.3, 0.4) is 0 Å². The number of nitrogens with one attached hydrogen (secondary N) is 1. The smallest absolute Gasteiger partial charge is 0.245 e. The zero-order valence-electron chi connectivity index (χ0n) is 7.94. The van der Waals surface area contributed by atoms with E-state index in [1.54, 1.807) is 7.05 Å². The molecule has 0 rings (SSSR count). The summed E-state index contributed by atoms with van der Waals surface area (Å²) in [5.74, 6) is -0.0662. The van der Waals surface area contributed by atoms with Gasteiger partial charge in [-0.1, -0.05) is 20.8 Å². The zero-order valence-corrected chi connectivity index (χ0v) is 7.94. The van der Waals surface area contributed by atoms with E-state index in [-0.39, 0.29) is 12.5 Å². The van der Waals surface area contributed by atoms with Crippen molar-refractivity contribution in [2.45, 2.75) is 27.2 Å². The summed E-state index contributed by atoms with van der Waals surface area (Å²) in [6.07, 6.45) is 0.955. The molecule has 3 heteroatoms. The predicted octanol–water partition coefficient (Wildman–Crippen LogP) is 1.19. The van der Waals surface area contributed by atoms with Crippen molar-refractivity contribution in [1.29, 1.82) is 0 Å². The van der Waals surface area contributed by atoms with Crippen LogP contribution in [0.15, 0.2) is 0 Å². The number of hydrogen-bond acceptors (Lipinski definition) is 2. The molecule has 0 aromatic carbocycles. The van der Waals surface area contributed by atoms with Gasteiger partial charge < -0.3 is 10.1 Å². The standard InChI is InChI=1S/C6H13NO2.C2H6/c1-3-4-9-5-6(8)7-2;1-2/h3-5H2,1-2H3,(H,7,8);1-2H3. The molecule has 0 heterocycles. The van der Waals surface area contributed by atoms with Crippen LogP contribution in [0.25, 0.3) is 0 Å². The Kier molecular flexibility index (Phi) is 14.4. The van der Waals surface area contributed by atoms with Gasteiger partial charge in [0, 0.05) is 13.7 Å². The van der Waals surface area contributed by atoms with E-state index in [0.29, 0.717) is 6.61 Å². The van der Waals surface area contributed by atoms with Crippen LogP contribution in [0.5, 0.6) is 0 Å². The van der Waals surface area contributed by atoms with Crippen LogP contribution in [0.2, 0.25) is 0 Å². The van der Waals surface area contributed by atoms with Gasteiger partial charge in [0.15, 0.2) is 0 Å². The monoisotopic (exact) mass is 161 g/mol. The highest BCUT2D eigenvalue weighted by Crippen LogP contribution is 1.78. The average Bonchev–Trinajstić information content (AvgIpc) is 2.08. The van der Waals surface area contributed by atoms with Crippen LogP contribution in [-0.2, 0) is 9.53 Å². The van der Waals surface area contributed by atoms with Crippen LogP contribution >= 0.6 is 0 Å². The topological polar surface area (TPSA) is 38.3 Å². The number of carbonyl (C=O) groups is 1. The van der Waals surface area contributed by atoms with Crippen LogP contribution in [-0.4, -0.2) is 26.2 Å². The van der Waals surface area contributed by atoms with E-state index in [1.807, 2.05) is 20.8 Å². The SMILES string of the molecule is CC.CCCOCC(=O)NC. The molecule has 0 aliphatic carbocycles. The van der Waals surface area contributed by atoms with Gasteiger partial charge in [0.2, 0.25) is 5.91 Å². The molecule has 0 aromatic heterocycles. The van der Waals surface area contributed by atoms with E-state index < -0.39 is 0 Å². The number of amides is 1. The molecule has 0 aliphatic heterocycles. The van der Waals surface area contributed by atoms with Crippen molar-refractivity contribution >= 4 is 5.91 Å². The molecule has 0 fully saturated rings. The number of likely N-dealkylation sites (N-methyl/N-ethyl adjacent to an activating group) is 1. The maximum absolute atomic E-state index is 10.5. The molecule has 0 aliphatic rings. The van der Waals surface area contributed by atoms with Gasteiger partial charge in [-0.15, -0.1) is 0 Å². The van der Waals surface area contributed by atoms with Gasteiger partial charge in [0.25, 0.3) is 0 Å². The van der Waals surface area contributed by atoms with Crippen LogP contribution in [0.4, 0.5) is 0 Å². The third-order valence-corrected chi connectivity index (χ3v) is 0.860. The molecule has 0 saturated heterocycles. The molecule has 11 heavy (non-hydrogen) atoms. The second-order valence-corrected chi connectivity index (χ2v) is 1.73. The van der Waals surface area contributed by atoms with Crippen molar-refractivity contribution in [3.05, 3.63) is 0 Å². The third-order valence-electron chi connectivity index (χ3n) is 0.860. The van der Waals surface area contributed by atoms with E-state index in [4.69, 9.17) is 4.74 Å². The number of carbonyl (C=O) groups excluding carboxylic acids is 1. The minimum absolute atomic E-state index is 0.0662. The predicted molar refractivity (Wildman–Crippen MR) is 46.5 cm³/mol. The second kappa shape index (κ2) is 12.1. The van der Waals surface area contributed by atoms with Crippen molar-refractivity contribution in [2.24, 2.45) is 0 Å². The van der Waals surface area contributed by atoms with Crippen LogP contribution in [0, 0.1) is 0 Å². The van der Waals surface area contributed by atoms with Crippen molar-refractivity contribution < 1.29 is 9.53 Å². The van der Waals surface area contributed by atoms with Crippen molar-refractivity contribution in [3.63, 3.8) is 0 Å². The molecule has 0 spiro atoms. The zero-order chi connectivity index (χ0) is 9.11. The lowest BCUT2D eigenvalue weighted by Gasteiger charge is -1.98. The Morgan fingerprint density at radius 3 is 2.36 bits per heavy atom. The molecule has 1 amide bonds. The summed E-state index contributed by atoms with van der Waals surface area (Å²) >= 11 is 0. The number of hydrogen-bond donors (Lipinski definition) is 1. The summed E-state index contributed by atoms with van der Waals surface area (Å²) in [7, 11) is 1.59. The molecule has 0 aromatic rings. The fourth-order valence-corrected chi connectivity index (χ4v) is 0.381. The largest absolute Gasteiger partial charge is 0.372 e. The summed E-state index contributed by atoms with van der Waals surface area (Å²) in [6.45, 7) is 6.85. The first kappa shape index (κ1) is 13.1. The first-order chi connectivity index (χ1) is 5.31. The van der Waals surface area contributed by atoms with E-state index in [1.165, 1.54) is 0 Å². The summed E-state index contributed by atoms with van der Waals surface area (Å²) in [5.41, 5.74) is 0. The summed E-state index contributed by atoms with van der Waals surface area (Å²) < 4.78 is 4.92. The summed E-state index contributed by atoms with van der Waals surface area (Å²) in [6, 6.07) is 0. The lowest BCUT2D eigenvalue weighted by Crippen LogP contribution is -2.23. The first-order valence-electron chi connectivity index (χ1n) is 4.09. The molecule has 68 valence electrons. The fraction of sp³-hybridized carbons (Fsp3) is 0.875. The maximum Gasteiger partial charge on any atom is 0.245 e. The van der Waals surface area contributed by atoms with E-state index in [2.05, 4.69) is 5.32 Å². The molecule has 0 bridgehead atoms. The quantitative estimate of drug-likeness (QED) is 0.629. The summed E-state index contributed by atoms with van der Waals surface area (Å²) in [5, 5.41) is 2.46. The summed E-state index contributed by atoms with van der Waals surface area (Å²) in [4.78, 5) is 10.5. The van der Waals surface area contributed by atoms with E-state index in [0.717, 1.165) is 6.42 Å². The molecule has 1 N–H and O–H groups in total. The molecule has 0 atom stereocenters. The molecular formula is C8H19NO2. The van der Waals surface area contributed by atoms with Gasteiger partial charge in [0.1, 0.15) is 6.61 Å². The van der Waals surface area contributed by atoms with Gasteiger partial charge in [0.05, 0.1) is 0 Å². The highest BCUT2D eigenvalue weighted by Gasteiger charge is 1.93.